The van der Waals surface area contributed by atoms with Gasteiger partial charge in [-0.3, -0.25) is 0 Å². The third-order valence-electron chi connectivity index (χ3n) is 4.91. The molecule has 30 heavy (non-hydrogen) atoms. The molecule has 0 aliphatic carbocycles. The smallest absolute Gasteiger partial charge is 0.319 e. The van der Waals surface area contributed by atoms with Crippen molar-refractivity contribution in [2.45, 2.75) is 18.9 Å². The molecular formula is C24H24N2O4. The van der Waals surface area contributed by atoms with Crippen molar-refractivity contribution in [3.8, 4) is 17.2 Å². The van der Waals surface area contributed by atoms with Crippen LogP contribution in [-0.2, 0) is 12.8 Å². The zero-order valence-electron chi connectivity index (χ0n) is 16.8. The number of carbonyl (C=O) groups is 1. The van der Waals surface area contributed by atoms with Crippen LogP contribution in [0.5, 0.6) is 17.2 Å². The summed E-state index contributed by atoms with van der Waals surface area (Å²) in [7, 11) is 1.60. The topological polar surface area (TPSA) is 68.8 Å². The van der Waals surface area contributed by atoms with Gasteiger partial charge in [-0.1, -0.05) is 42.5 Å². The van der Waals surface area contributed by atoms with Gasteiger partial charge in [-0.05, 0) is 48.2 Å². The molecule has 0 saturated heterocycles. The lowest BCUT2D eigenvalue weighted by Crippen LogP contribution is -2.40. The molecule has 6 nitrogen and oxygen atoms in total. The molecule has 1 atom stereocenters. The average molecular weight is 404 g/mol. The van der Waals surface area contributed by atoms with Crippen molar-refractivity contribution in [3.63, 3.8) is 0 Å². The number of carbonyl (C=O) groups excluding carboxylic acids is 1. The molecule has 0 aromatic heterocycles. The molecule has 1 aliphatic rings. The maximum atomic E-state index is 12.7. The van der Waals surface area contributed by atoms with Crippen LogP contribution >= 0.6 is 0 Å². The lowest BCUT2D eigenvalue weighted by atomic mass is 9.98. The normalized spacial score (nSPS) is 12.8. The molecule has 0 bridgehead atoms. The first-order valence-electron chi connectivity index (χ1n) is 9.83. The lowest BCUT2D eigenvalue weighted by molar-refractivity contribution is 0.174. The summed E-state index contributed by atoms with van der Waals surface area (Å²) in [6, 6.07) is 22.9. The first-order chi connectivity index (χ1) is 14.7. The van der Waals surface area contributed by atoms with Crippen LogP contribution in [-0.4, -0.2) is 26.0 Å². The Morgan fingerprint density at radius 3 is 2.57 bits per heavy atom. The van der Waals surface area contributed by atoms with Gasteiger partial charge in [-0.2, -0.15) is 0 Å². The third kappa shape index (κ3) is 5.03. The van der Waals surface area contributed by atoms with E-state index in [1.54, 1.807) is 13.2 Å². The van der Waals surface area contributed by atoms with E-state index in [9.17, 15) is 4.79 Å². The maximum absolute atomic E-state index is 12.7. The summed E-state index contributed by atoms with van der Waals surface area (Å²) < 4.78 is 16.1. The van der Waals surface area contributed by atoms with Crippen molar-refractivity contribution in [2.24, 2.45) is 0 Å². The second-order valence-corrected chi connectivity index (χ2v) is 7.11. The minimum atomic E-state index is -0.259. The average Bonchev–Trinajstić information content (AvgIpc) is 3.22. The van der Waals surface area contributed by atoms with E-state index in [-0.39, 0.29) is 18.9 Å². The molecule has 3 aromatic rings. The second kappa shape index (κ2) is 9.22. The van der Waals surface area contributed by atoms with E-state index < -0.39 is 0 Å². The molecule has 0 fully saturated rings. The number of nitrogens with one attached hydrogen (secondary N) is 2. The predicted octanol–water partition coefficient (Wildman–Crippen LogP) is 4.40. The van der Waals surface area contributed by atoms with Gasteiger partial charge in [0, 0.05) is 17.8 Å². The van der Waals surface area contributed by atoms with Gasteiger partial charge in [0.05, 0.1) is 7.11 Å². The fraction of sp³-hybridized carbons (Fsp3) is 0.208. The van der Waals surface area contributed by atoms with Gasteiger partial charge >= 0.3 is 6.03 Å². The van der Waals surface area contributed by atoms with Crippen LogP contribution in [0.1, 0.15) is 11.1 Å². The van der Waals surface area contributed by atoms with Crippen LogP contribution < -0.4 is 24.8 Å². The van der Waals surface area contributed by atoms with E-state index in [0.29, 0.717) is 24.3 Å². The quantitative estimate of drug-likeness (QED) is 0.612. The van der Waals surface area contributed by atoms with Crippen LogP contribution in [0.15, 0.2) is 72.8 Å². The zero-order valence-corrected chi connectivity index (χ0v) is 16.8. The summed E-state index contributed by atoms with van der Waals surface area (Å²) in [5, 5.41) is 5.99. The molecule has 1 heterocycles. The monoisotopic (exact) mass is 404 g/mol. The maximum Gasteiger partial charge on any atom is 0.319 e. The van der Waals surface area contributed by atoms with Gasteiger partial charge in [0.25, 0.3) is 0 Å². The summed E-state index contributed by atoms with van der Waals surface area (Å²) in [5.41, 5.74) is 2.90. The summed E-state index contributed by atoms with van der Waals surface area (Å²) in [6.45, 7) is 0.243. The Hall–Kier alpha value is -3.67. The van der Waals surface area contributed by atoms with Gasteiger partial charge < -0.3 is 24.8 Å². The summed E-state index contributed by atoms with van der Waals surface area (Å²) in [6.07, 6.45) is 1.37. The molecule has 154 valence electrons. The van der Waals surface area contributed by atoms with Gasteiger partial charge in [0.1, 0.15) is 5.75 Å². The summed E-state index contributed by atoms with van der Waals surface area (Å²) >= 11 is 0. The highest BCUT2D eigenvalue weighted by molar-refractivity contribution is 5.89. The van der Waals surface area contributed by atoms with Crippen LogP contribution in [0.25, 0.3) is 0 Å². The molecule has 3 aromatic carbocycles. The number of urea groups is 1. The third-order valence-corrected chi connectivity index (χ3v) is 4.91. The Bertz CT molecular complexity index is 1010. The fourth-order valence-electron chi connectivity index (χ4n) is 3.48. The molecule has 4 rings (SSSR count). The van der Waals surface area contributed by atoms with E-state index in [1.807, 2.05) is 54.6 Å². The number of rotatable bonds is 7. The van der Waals surface area contributed by atoms with E-state index in [1.165, 1.54) is 0 Å². The number of fused-ring (bicyclic) bond motifs is 1. The van der Waals surface area contributed by atoms with Crippen LogP contribution in [0.3, 0.4) is 0 Å². The molecule has 0 saturated carbocycles. The van der Waals surface area contributed by atoms with E-state index in [0.717, 1.165) is 22.6 Å². The van der Waals surface area contributed by atoms with Crippen molar-refractivity contribution in [1.82, 2.24) is 5.32 Å². The minimum absolute atomic E-state index is 0.0987. The highest BCUT2D eigenvalue weighted by Gasteiger charge is 2.18. The number of methoxy groups -OCH3 is 1. The van der Waals surface area contributed by atoms with Crippen molar-refractivity contribution < 1.29 is 19.0 Å². The number of hydrogen-bond acceptors (Lipinski definition) is 4. The van der Waals surface area contributed by atoms with Crippen molar-refractivity contribution in [3.05, 3.63) is 83.9 Å². The largest absolute Gasteiger partial charge is 0.497 e. The van der Waals surface area contributed by atoms with Gasteiger partial charge in [0.2, 0.25) is 6.79 Å². The molecule has 6 heteroatoms. The van der Waals surface area contributed by atoms with Crippen molar-refractivity contribution in [2.75, 3.05) is 19.2 Å². The summed E-state index contributed by atoms with van der Waals surface area (Å²) in [4.78, 5) is 12.7. The lowest BCUT2D eigenvalue weighted by Gasteiger charge is -2.20. The van der Waals surface area contributed by atoms with Crippen molar-refractivity contribution >= 4 is 11.7 Å². The SMILES string of the molecule is COc1cccc(NC(=O)NC(Cc2ccccc2)Cc2ccc3c(c2)OCO3)c1. The molecule has 1 unspecified atom stereocenters. The standard InChI is InChI=1S/C24H24N2O4/c1-28-21-9-5-8-19(15-21)25-24(27)26-20(12-17-6-3-2-4-7-17)13-18-10-11-22-23(14-18)30-16-29-22/h2-11,14-15,20H,12-13,16H2,1H3,(H2,25,26,27). The number of benzene rings is 3. The van der Waals surface area contributed by atoms with Crippen LogP contribution in [0.4, 0.5) is 10.5 Å². The first-order valence-corrected chi connectivity index (χ1v) is 9.83. The van der Waals surface area contributed by atoms with Gasteiger partial charge in [0.15, 0.2) is 11.5 Å². The van der Waals surface area contributed by atoms with Crippen LogP contribution in [0.2, 0.25) is 0 Å². The number of hydrogen-bond donors (Lipinski definition) is 2. The van der Waals surface area contributed by atoms with Gasteiger partial charge in [-0.25, -0.2) is 4.79 Å². The van der Waals surface area contributed by atoms with E-state index in [4.69, 9.17) is 14.2 Å². The Morgan fingerprint density at radius 1 is 0.933 bits per heavy atom. The van der Waals surface area contributed by atoms with Gasteiger partial charge in [-0.15, -0.1) is 0 Å². The van der Waals surface area contributed by atoms with E-state index >= 15 is 0 Å². The van der Waals surface area contributed by atoms with Crippen LogP contribution in [0, 0.1) is 0 Å². The molecule has 2 amide bonds. The Balaban J connectivity index is 1.47. The summed E-state index contributed by atoms with van der Waals surface area (Å²) in [5.74, 6) is 2.18. The molecular weight excluding hydrogens is 380 g/mol. The highest BCUT2D eigenvalue weighted by Crippen LogP contribution is 2.33. The predicted molar refractivity (Wildman–Crippen MR) is 115 cm³/mol. The number of ether oxygens (including phenoxy) is 3. The Kier molecular flexibility index (Phi) is 6.03. The fourth-order valence-corrected chi connectivity index (χ4v) is 3.48. The minimum Gasteiger partial charge on any atom is -0.497 e. The number of amides is 2. The zero-order chi connectivity index (χ0) is 20.8. The number of anilines is 1. The molecule has 0 spiro atoms. The Labute approximate surface area is 175 Å². The Morgan fingerprint density at radius 2 is 1.73 bits per heavy atom. The first kappa shape index (κ1) is 19.6. The highest BCUT2D eigenvalue weighted by atomic mass is 16.7. The molecule has 2 N–H and O–H groups in total. The van der Waals surface area contributed by atoms with Crippen molar-refractivity contribution in [1.29, 1.82) is 0 Å². The molecule has 1 aliphatic heterocycles. The second-order valence-electron chi connectivity index (χ2n) is 7.11. The van der Waals surface area contributed by atoms with E-state index in [2.05, 4.69) is 22.8 Å². The molecule has 0 radical (unpaired) electrons.